The van der Waals surface area contributed by atoms with Crippen molar-refractivity contribution in [3.63, 3.8) is 0 Å². The lowest BCUT2D eigenvalue weighted by Crippen LogP contribution is -2.34. The van der Waals surface area contributed by atoms with Crippen molar-refractivity contribution < 1.29 is 19.6 Å². The highest BCUT2D eigenvalue weighted by Crippen LogP contribution is 2.17. The number of carbonyl (C=O) groups excluding carboxylic acids is 2. The SMILES string of the molecule is CC(=O)NCCNC(=O)c1cccc2ccc(B(O)O)cc12. The first kappa shape index (κ1) is 16.0. The quantitative estimate of drug-likeness (QED) is 0.437. The van der Waals surface area contributed by atoms with Gasteiger partial charge in [0.25, 0.3) is 5.91 Å². The van der Waals surface area contributed by atoms with Gasteiger partial charge in [0.05, 0.1) is 0 Å². The van der Waals surface area contributed by atoms with Crippen LogP contribution in [0.25, 0.3) is 10.8 Å². The Balaban J connectivity index is 2.20. The Morgan fingerprint density at radius 1 is 1.09 bits per heavy atom. The smallest absolute Gasteiger partial charge is 0.423 e. The maximum atomic E-state index is 12.2. The molecule has 0 aromatic heterocycles. The highest BCUT2D eigenvalue weighted by Gasteiger charge is 2.14. The molecular formula is C15H17BN2O4. The first-order valence-electron chi connectivity index (χ1n) is 6.90. The summed E-state index contributed by atoms with van der Waals surface area (Å²) >= 11 is 0. The van der Waals surface area contributed by atoms with Gasteiger partial charge in [0.1, 0.15) is 0 Å². The average molecular weight is 300 g/mol. The molecule has 2 aromatic rings. The van der Waals surface area contributed by atoms with E-state index in [-0.39, 0.29) is 11.8 Å². The zero-order chi connectivity index (χ0) is 16.1. The van der Waals surface area contributed by atoms with E-state index in [0.717, 1.165) is 5.39 Å². The lowest BCUT2D eigenvalue weighted by atomic mass is 9.79. The Hall–Kier alpha value is -2.38. The van der Waals surface area contributed by atoms with Crippen LogP contribution in [0.2, 0.25) is 0 Å². The van der Waals surface area contributed by atoms with Gasteiger partial charge in [0, 0.05) is 25.6 Å². The molecule has 0 aliphatic heterocycles. The summed E-state index contributed by atoms with van der Waals surface area (Å²) in [5.41, 5.74) is 0.772. The number of carbonyl (C=O) groups is 2. The van der Waals surface area contributed by atoms with Gasteiger partial charge in [-0.3, -0.25) is 9.59 Å². The average Bonchev–Trinajstić information content (AvgIpc) is 2.49. The predicted octanol–water partition coefficient (Wildman–Crippen LogP) is -0.615. The van der Waals surface area contributed by atoms with Crippen LogP contribution >= 0.6 is 0 Å². The summed E-state index contributed by atoms with van der Waals surface area (Å²) in [6.45, 7) is 2.08. The maximum Gasteiger partial charge on any atom is 0.488 e. The van der Waals surface area contributed by atoms with Crippen LogP contribution in [0.5, 0.6) is 0 Å². The summed E-state index contributed by atoms with van der Waals surface area (Å²) in [6.07, 6.45) is 0. The molecule has 0 unspecified atom stereocenters. The molecule has 2 rings (SSSR count). The van der Waals surface area contributed by atoms with Gasteiger partial charge >= 0.3 is 7.12 Å². The summed E-state index contributed by atoms with van der Waals surface area (Å²) in [6, 6.07) is 10.2. The fourth-order valence-corrected chi connectivity index (χ4v) is 2.16. The summed E-state index contributed by atoms with van der Waals surface area (Å²) in [5.74, 6) is -0.429. The number of fused-ring (bicyclic) bond motifs is 1. The molecule has 22 heavy (non-hydrogen) atoms. The van der Waals surface area contributed by atoms with Crippen LogP contribution in [-0.2, 0) is 4.79 Å². The topological polar surface area (TPSA) is 98.7 Å². The third kappa shape index (κ3) is 3.84. The van der Waals surface area contributed by atoms with Gasteiger partial charge in [-0.25, -0.2) is 0 Å². The molecule has 2 aromatic carbocycles. The van der Waals surface area contributed by atoms with Crippen molar-refractivity contribution in [2.75, 3.05) is 13.1 Å². The van der Waals surface area contributed by atoms with Crippen molar-refractivity contribution in [2.24, 2.45) is 0 Å². The molecule has 0 atom stereocenters. The summed E-state index contributed by atoms with van der Waals surface area (Å²) < 4.78 is 0. The fourth-order valence-electron chi connectivity index (χ4n) is 2.16. The molecule has 6 nitrogen and oxygen atoms in total. The lowest BCUT2D eigenvalue weighted by molar-refractivity contribution is -0.118. The number of rotatable bonds is 5. The molecule has 2 amide bonds. The molecule has 7 heteroatoms. The van der Waals surface area contributed by atoms with E-state index in [1.54, 1.807) is 30.3 Å². The minimum atomic E-state index is -1.58. The van der Waals surface area contributed by atoms with Crippen molar-refractivity contribution in [3.8, 4) is 0 Å². The van der Waals surface area contributed by atoms with E-state index in [1.807, 2.05) is 6.07 Å². The zero-order valence-corrected chi connectivity index (χ0v) is 12.2. The zero-order valence-electron chi connectivity index (χ0n) is 12.2. The monoisotopic (exact) mass is 300 g/mol. The number of hydrogen-bond donors (Lipinski definition) is 4. The van der Waals surface area contributed by atoms with E-state index in [1.165, 1.54) is 6.92 Å². The molecule has 4 N–H and O–H groups in total. The predicted molar refractivity (Wildman–Crippen MR) is 84.8 cm³/mol. The van der Waals surface area contributed by atoms with Crippen molar-refractivity contribution >= 4 is 35.2 Å². The molecule has 114 valence electrons. The molecule has 0 aliphatic rings. The Morgan fingerprint density at radius 2 is 1.82 bits per heavy atom. The van der Waals surface area contributed by atoms with Crippen molar-refractivity contribution in [1.82, 2.24) is 10.6 Å². The second-order valence-corrected chi connectivity index (χ2v) is 4.90. The Morgan fingerprint density at radius 3 is 2.50 bits per heavy atom. The third-order valence-electron chi connectivity index (χ3n) is 3.23. The van der Waals surface area contributed by atoms with E-state index >= 15 is 0 Å². The van der Waals surface area contributed by atoms with Gasteiger partial charge in [0.2, 0.25) is 5.91 Å². The van der Waals surface area contributed by atoms with Crippen molar-refractivity contribution in [1.29, 1.82) is 0 Å². The van der Waals surface area contributed by atoms with E-state index in [4.69, 9.17) is 0 Å². The van der Waals surface area contributed by atoms with E-state index in [0.29, 0.717) is 29.5 Å². The van der Waals surface area contributed by atoms with Gasteiger partial charge in [-0.1, -0.05) is 30.3 Å². The van der Waals surface area contributed by atoms with Crippen LogP contribution in [0.1, 0.15) is 17.3 Å². The van der Waals surface area contributed by atoms with Crippen LogP contribution in [0.3, 0.4) is 0 Å². The number of amides is 2. The second-order valence-electron chi connectivity index (χ2n) is 4.90. The summed E-state index contributed by atoms with van der Waals surface area (Å²) in [7, 11) is -1.58. The Labute approximate surface area is 128 Å². The van der Waals surface area contributed by atoms with Crippen molar-refractivity contribution in [2.45, 2.75) is 6.92 Å². The third-order valence-corrected chi connectivity index (χ3v) is 3.23. The van der Waals surface area contributed by atoms with Crippen LogP contribution in [-0.4, -0.2) is 42.1 Å². The standard InChI is InChI=1S/C15H17BN2O4/c1-10(19)17-7-8-18-15(20)13-4-2-3-11-5-6-12(16(21)22)9-14(11)13/h2-6,9,21-22H,7-8H2,1H3,(H,17,19)(H,18,20). The number of hydrogen-bond acceptors (Lipinski definition) is 4. The molecule has 0 aliphatic carbocycles. The van der Waals surface area contributed by atoms with Crippen molar-refractivity contribution in [3.05, 3.63) is 42.0 Å². The van der Waals surface area contributed by atoms with Crippen LogP contribution < -0.4 is 16.1 Å². The van der Waals surface area contributed by atoms with E-state index < -0.39 is 7.12 Å². The maximum absolute atomic E-state index is 12.2. The van der Waals surface area contributed by atoms with E-state index in [9.17, 15) is 19.6 Å². The molecule has 0 saturated heterocycles. The molecule has 0 spiro atoms. The first-order chi connectivity index (χ1) is 10.5. The van der Waals surface area contributed by atoms with Crippen LogP contribution in [0, 0.1) is 0 Å². The first-order valence-corrected chi connectivity index (χ1v) is 6.90. The summed E-state index contributed by atoms with van der Waals surface area (Å²) in [4.78, 5) is 23.0. The Bertz CT molecular complexity index is 703. The molecule has 0 fully saturated rings. The van der Waals surface area contributed by atoms with Gasteiger partial charge < -0.3 is 20.7 Å². The lowest BCUT2D eigenvalue weighted by Gasteiger charge is -2.10. The van der Waals surface area contributed by atoms with Crippen LogP contribution in [0.15, 0.2) is 36.4 Å². The van der Waals surface area contributed by atoms with Crippen LogP contribution in [0.4, 0.5) is 0 Å². The van der Waals surface area contributed by atoms with Gasteiger partial charge in [-0.05, 0) is 22.3 Å². The molecule has 0 bridgehead atoms. The number of benzene rings is 2. The van der Waals surface area contributed by atoms with E-state index in [2.05, 4.69) is 10.6 Å². The Kier molecular flexibility index (Phi) is 5.14. The highest BCUT2D eigenvalue weighted by atomic mass is 16.4. The highest BCUT2D eigenvalue weighted by molar-refractivity contribution is 6.59. The van der Waals surface area contributed by atoms with Gasteiger partial charge in [-0.2, -0.15) is 0 Å². The summed E-state index contributed by atoms with van der Waals surface area (Å²) in [5, 5.41) is 25.3. The van der Waals surface area contributed by atoms with Gasteiger partial charge in [-0.15, -0.1) is 0 Å². The fraction of sp³-hybridized carbons (Fsp3) is 0.200. The number of nitrogens with one attached hydrogen (secondary N) is 2. The minimum Gasteiger partial charge on any atom is -0.423 e. The van der Waals surface area contributed by atoms with Gasteiger partial charge in [0.15, 0.2) is 0 Å². The molecule has 0 saturated carbocycles. The molecule has 0 heterocycles. The molecular weight excluding hydrogens is 283 g/mol. The second kappa shape index (κ2) is 7.06. The normalized spacial score (nSPS) is 10.3. The largest absolute Gasteiger partial charge is 0.488 e. The minimum absolute atomic E-state index is 0.152. The molecule has 0 radical (unpaired) electrons.